The fourth-order valence-corrected chi connectivity index (χ4v) is 3.61. The van der Waals surface area contributed by atoms with E-state index in [2.05, 4.69) is 5.32 Å². The molecule has 2 atom stereocenters. The number of nitrogens with one attached hydrogen (secondary N) is 1. The first kappa shape index (κ1) is 18.3. The molecule has 0 aromatic heterocycles. The zero-order chi connectivity index (χ0) is 17.8. The normalized spacial score (nSPS) is 23.7. The monoisotopic (exact) mass is 334 g/mol. The Bertz CT molecular complexity index is 582. The number of carbonyl (C=O) groups is 2. The van der Waals surface area contributed by atoms with E-state index in [1.165, 1.54) is 0 Å². The molecular formula is C18H26N2O4. The van der Waals surface area contributed by atoms with Crippen LogP contribution in [0.2, 0.25) is 0 Å². The molecule has 1 fully saturated rings. The van der Waals surface area contributed by atoms with Crippen molar-refractivity contribution < 1.29 is 23.9 Å². The standard InChI is InChI=1S/C18H26N2O4/c1-18(2,3)20(17(22)23)11-7-10-15(20)12-19-16(21)24-13-14-8-5-4-6-9-14/h4-6,8-9,15H,7,10-13H2,1-3H3,(H-,19,21,22,23)/t15-,20?/m1/s1. The third kappa shape index (κ3) is 3.70. The predicted molar refractivity (Wildman–Crippen MR) is 87.9 cm³/mol. The zero-order valence-corrected chi connectivity index (χ0v) is 14.6. The van der Waals surface area contributed by atoms with Crippen molar-refractivity contribution in [2.45, 2.75) is 51.8 Å². The Labute approximate surface area is 143 Å². The van der Waals surface area contributed by atoms with E-state index in [9.17, 15) is 14.7 Å². The molecule has 1 aliphatic rings. The highest BCUT2D eigenvalue weighted by Gasteiger charge is 2.51. The van der Waals surface area contributed by atoms with Crippen molar-refractivity contribution in [3.63, 3.8) is 0 Å². The van der Waals surface area contributed by atoms with Gasteiger partial charge in [0, 0.05) is 12.8 Å². The van der Waals surface area contributed by atoms with E-state index in [1.54, 1.807) is 0 Å². The minimum Gasteiger partial charge on any atom is -0.498 e. The Hall–Kier alpha value is -2.08. The molecular weight excluding hydrogens is 308 g/mol. The van der Waals surface area contributed by atoms with E-state index >= 15 is 0 Å². The van der Waals surface area contributed by atoms with E-state index in [0.29, 0.717) is 6.54 Å². The van der Waals surface area contributed by atoms with Crippen LogP contribution in [0.5, 0.6) is 0 Å². The van der Waals surface area contributed by atoms with Crippen LogP contribution in [-0.2, 0) is 11.3 Å². The van der Waals surface area contributed by atoms with Crippen molar-refractivity contribution in [1.29, 1.82) is 0 Å². The lowest BCUT2D eigenvalue weighted by atomic mass is 10.00. The van der Waals surface area contributed by atoms with E-state index in [-0.39, 0.29) is 23.7 Å². The summed E-state index contributed by atoms with van der Waals surface area (Å²) in [5.41, 5.74) is 0.415. The van der Waals surface area contributed by atoms with Gasteiger partial charge < -0.3 is 20.0 Å². The van der Waals surface area contributed by atoms with Gasteiger partial charge in [0.05, 0.1) is 18.6 Å². The fourth-order valence-electron chi connectivity index (χ4n) is 3.61. The molecule has 1 aromatic carbocycles. The Kier molecular flexibility index (Phi) is 5.49. The molecule has 1 N–H and O–H groups in total. The van der Waals surface area contributed by atoms with Gasteiger partial charge in [-0.05, 0) is 26.3 Å². The van der Waals surface area contributed by atoms with Gasteiger partial charge >= 0.3 is 6.09 Å². The number of nitrogens with zero attached hydrogens (tertiary/aromatic N) is 1. The summed E-state index contributed by atoms with van der Waals surface area (Å²) >= 11 is 0. The molecule has 0 saturated carbocycles. The molecule has 6 heteroatoms. The number of rotatable bonds is 4. The van der Waals surface area contributed by atoms with Gasteiger partial charge in [-0.25, -0.2) is 4.79 Å². The molecule has 24 heavy (non-hydrogen) atoms. The zero-order valence-electron chi connectivity index (χ0n) is 14.6. The first-order valence-electron chi connectivity index (χ1n) is 8.31. The molecule has 0 radical (unpaired) electrons. The van der Waals surface area contributed by atoms with Crippen molar-refractivity contribution >= 4 is 12.2 Å². The van der Waals surface area contributed by atoms with Crippen LogP contribution in [0.25, 0.3) is 0 Å². The van der Waals surface area contributed by atoms with Crippen LogP contribution in [0.3, 0.4) is 0 Å². The molecule has 0 aliphatic carbocycles. The van der Waals surface area contributed by atoms with Crippen molar-refractivity contribution in [2.24, 2.45) is 0 Å². The van der Waals surface area contributed by atoms with Gasteiger partial charge in [0.15, 0.2) is 0 Å². The summed E-state index contributed by atoms with van der Waals surface area (Å²) < 4.78 is 5.05. The lowest BCUT2D eigenvalue weighted by Crippen LogP contribution is -2.71. The van der Waals surface area contributed by atoms with Gasteiger partial charge in [-0.2, -0.15) is 0 Å². The minimum atomic E-state index is -1.08. The smallest absolute Gasteiger partial charge is 0.407 e. The maximum absolute atomic E-state index is 11.9. The summed E-state index contributed by atoms with van der Waals surface area (Å²) in [5, 5.41) is 14.6. The number of quaternary nitrogens is 1. The summed E-state index contributed by atoms with van der Waals surface area (Å²) in [7, 11) is 0. The van der Waals surface area contributed by atoms with Crippen molar-refractivity contribution in [2.75, 3.05) is 13.1 Å². The maximum Gasteiger partial charge on any atom is 0.407 e. The van der Waals surface area contributed by atoms with Crippen LogP contribution in [0.1, 0.15) is 39.2 Å². The lowest BCUT2D eigenvalue weighted by molar-refractivity contribution is -0.929. The molecule has 0 bridgehead atoms. The summed E-state index contributed by atoms with van der Waals surface area (Å²) in [5.74, 6) is 0. The number of likely N-dealkylation sites (tertiary alicyclic amines) is 1. The lowest BCUT2D eigenvalue weighted by Gasteiger charge is -2.49. The van der Waals surface area contributed by atoms with Crippen LogP contribution in [0.4, 0.5) is 9.59 Å². The fraction of sp³-hybridized carbons (Fsp3) is 0.556. The Morgan fingerprint density at radius 3 is 2.54 bits per heavy atom. The summed E-state index contributed by atoms with van der Waals surface area (Å²) in [6, 6.07) is 9.20. The first-order chi connectivity index (χ1) is 11.3. The highest BCUT2D eigenvalue weighted by molar-refractivity contribution is 5.67. The predicted octanol–water partition coefficient (Wildman–Crippen LogP) is 2.03. The Morgan fingerprint density at radius 2 is 1.96 bits per heavy atom. The van der Waals surface area contributed by atoms with Crippen LogP contribution >= 0.6 is 0 Å². The molecule has 1 saturated heterocycles. The number of amides is 2. The van der Waals surface area contributed by atoms with E-state index in [4.69, 9.17) is 4.74 Å². The second-order valence-electron chi connectivity index (χ2n) is 7.27. The highest BCUT2D eigenvalue weighted by atomic mass is 16.5. The maximum atomic E-state index is 11.9. The quantitative estimate of drug-likeness (QED) is 0.855. The number of ether oxygens (including phenoxy) is 1. The molecule has 1 aliphatic heterocycles. The molecule has 0 spiro atoms. The molecule has 1 unspecified atom stereocenters. The average Bonchev–Trinajstić information content (AvgIpc) is 2.97. The number of carbonyl (C=O) groups excluding carboxylic acids is 2. The van der Waals surface area contributed by atoms with Gasteiger partial charge in [-0.1, -0.05) is 30.3 Å². The topological polar surface area (TPSA) is 78.5 Å². The van der Waals surface area contributed by atoms with Crippen LogP contribution < -0.4 is 10.4 Å². The number of carboxylic acid groups (broad SMARTS) is 1. The largest absolute Gasteiger partial charge is 0.498 e. The highest BCUT2D eigenvalue weighted by Crippen LogP contribution is 2.36. The first-order valence-corrected chi connectivity index (χ1v) is 8.31. The Morgan fingerprint density at radius 1 is 1.29 bits per heavy atom. The third-order valence-corrected chi connectivity index (χ3v) is 4.89. The molecule has 6 nitrogen and oxygen atoms in total. The molecule has 132 valence electrons. The van der Waals surface area contributed by atoms with Crippen molar-refractivity contribution in [3.8, 4) is 0 Å². The average molecular weight is 334 g/mol. The second-order valence-corrected chi connectivity index (χ2v) is 7.27. The summed E-state index contributed by atoms with van der Waals surface area (Å²) in [6.45, 7) is 6.67. The van der Waals surface area contributed by atoms with Gasteiger partial charge in [0.25, 0.3) is 6.09 Å². The molecule has 2 rings (SSSR count). The third-order valence-electron chi connectivity index (χ3n) is 4.89. The van der Waals surface area contributed by atoms with Gasteiger partial charge in [0.2, 0.25) is 0 Å². The molecule has 1 aromatic rings. The van der Waals surface area contributed by atoms with Crippen molar-refractivity contribution in [1.82, 2.24) is 5.32 Å². The SMILES string of the molecule is CC(C)(C)[N+]1(C(=O)[O-])CCC[C@@H]1CNC(=O)OCc1ccccc1. The number of benzene rings is 1. The molecule has 1 heterocycles. The number of alkyl carbamates (subject to hydrolysis) is 1. The van der Waals surface area contributed by atoms with Crippen LogP contribution in [0.15, 0.2) is 30.3 Å². The van der Waals surface area contributed by atoms with Crippen molar-refractivity contribution in [3.05, 3.63) is 35.9 Å². The number of hydrogen-bond donors (Lipinski definition) is 1. The van der Waals surface area contributed by atoms with Gasteiger partial charge in [-0.15, -0.1) is 0 Å². The molecule has 2 amide bonds. The Balaban J connectivity index is 1.92. The second kappa shape index (κ2) is 7.21. The van der Waals surface area contributed by atoms with E-state index < -0.39 is 17.7 Å². The van der Waals surface area contributed by atoms with Gasteiger partial charge in [-0.3, -0.25) is 4.48 Å². The number of hydrogen-bond acceptors (Lipinski definition) is 4. The van der Waals surface area contributed by atoms with Crippen LogP contribution in [-0.4, -0.2) is 41.3 Å². The minimum absolute atomic E-state index is 0.133. The van der Waals surface area contributed by atoms with Crippen LogP contribution in [0, 0.1) is 0 Å². The van der Waals surface area contributed by atoms with E-state index in [0.717, 1.165) is 18.4 Å². The van der Waals surface area contributed by atoms with Gasteiger partial charge in [0.1, 0.15) is 12.6 Å². The summed E-state index contributed by atoms with van der Waals surface area (Å²) in [6.07, 6.45) is -0.0681. The summed E-state index contributed by atoms with van der Waals surface area (Å²) in [4.78, 5) is 23.8. The van der Waals surface area contributed by atoms with E-state index in [1.807, 2.05) is 51.1 Å².